The summed E-state index contributed by atoms with van der Waals surface area (Å²) in [5, 5.41) is 0. The molecule has 116 valence electrons. The third kappa shape index (κ3) is 3.71. The van der Waals surface area contributed by atoms with Crippen molar-refractivity contribution in [1.82, 2.24) is 4.57 Å². The van der Waals surface area contributed by atoms with Gasteiger partial charge in [-0.2, -0.15) is 0 Å². The number of carbonyl (C=O) groups is 3. The Hall–Kier alpha value is -2.11. The Bertz CT molecular complexity index is 557. The van der Waals surface area contributed by atoms with Crippen LogP contribution in [0.1, 0.15) is 60.0 Å². The summed E-state index contributed by atoms with van der Waals surface area (Å²) in [5.74, 6) is -0.602. The number of aromatic nitrogens is 1. The van der Waals surface area contributed by atoms with Crippen molar-refractivity contribution in [2.45, 2.75) is 46.1 Å². The normalized spacial score (nSPS) is 11.1. The van der Waals surface area contributed by atoms with Crippen molar-refractivity contribution in [3.8, 4) is 0 Å². The summed E-state index contributed by atoms with van der Waals surface area (Å²) in [4.78, 5) is 35.0. The number of hydrogen-bond acceptors (Lipinski definition) is 5. The number of aldehydes is 1. The Morgan fingerprint density at radius 1 is 1.38 bits per heavy atom. The van der Waals surface area contributed by atoms with Gasteiger partial charge in [0.2, 0.25) is 0 Å². The van der Waals surface area contributed by atoms with Gasteiger partial charge in [0, 0.05) is 6.20 Å². The molecule has 1 aromatic heterocycles. The van der Waals surface area contributed by atoms with Crippen LogP contribution in [-0.4, -0.2) is 35.6 Å². The second-order valence-corrected chi connectivity index (χ2v) is 5.41. The molecule has 0 bridgehead atoms. The number of ether oxygens (including phenoxy) is 2. The van der Waals surface area contributed by atoms with Gasteiger partial charge >= 0.3 is 12.1 Å². The quantitative estimate of drug-likeness (QED) is 0.616. The zero-order valence-electron chi connectivity index (χ0n) is 13.1. The van der Waals surface area contributed by atoms with E-state index < -0.39 is 17.7 Å². The lowest BCUT2D eigenvalue weighted by molar-refractivity contribution is 0.0327. The third-order valence-electron chi connectivity index (χ3n) is 3.24. The highest BCUT2D eigenvalue weighted by Crippen LogP contribution is 2.21. The van der Waals surface area contributed by atoms with E-state index in [1.165, 1.54) is 13.3 Å². The molecule has 0 amide bonds. The second-order valence-electron chi connectivity index (χ2n) is 5.41. The molecule has 1 aromatic rings. The molecule has 0 saturated heterocycles. The summed E-state index contributed by atoms with van der Waals surface area (Å²) in [6, 6.07) is 0. The van der Waals surface area contributed by atoms with E-state index in [2.05, 4.69) is 4.74 Å². The number of nitrogens with zero attached hydrogens (tertiary/aromatic N) is 1. The number of methoxy groups -OCH3 is 1. The summed E-state index contributed by atoms with van der Waals surface area (Å²) in [6.07, 6.45) is 2.66. The molecule has 0 atom stereocenters. The van der Waals surface area contributed by atoms with Crippen LogP contribution in [0.2, 0.25) is 0 Å². The number of esters is 1. The van der Waals surface area contributed by atoms with Crippen molar-refractivity contribution in [3.63, 3.8) is 0 Å². The number of hydrogen-bond donors (Lipinski definition) is 0. The Morgan fingerprint density at radius 3 is 2.48 bits per heavy atom. The van der Waals surface area contributed by atoms with Crippen molar-refractivity contribution >= 4 is 18.3 Å². The molecule has 0 N–H and O–H groups in total. The first-order valence-electron chi connectivity index (χ1n) is 6.76. The van der Waals surface area contributed by atoms with Crippen LogP contribution in [0, 0.1) is 6.92 Å². The summed E-state index contributed by atoms with van der Waals surface area (Å²) in [5.41, 5.74) is 0.00918. The molecule has 1 heterocycles. The van der Waals surface area contributed by atoms with E-state index in [1.807, 2.05) is 6.92 Å². The fourth-order valence-corrected chi connectivity index (χ4v) is 2.16. The minimum absolute atomic E-state index is 0.0905. The summed E-state index contributed by atoms with van der Waals surface area (Å²) in [6.45, 7) is 7.16. The molecule has 6 nitrogen and oxygen atoms in total. The first-order valence-corrected chi connectivity index (χ1v) is 6.76. The van der Waals surface area contributed by atoms with Gasteiger partial charge in [0.25, 0.3) is 0 Å². The lowest BCUT2D eigenvalue weighted by Crippen LogP contribution is -2.30. The number of rotatable bonds is 5. The molecule has 1 rings (SSSR count). The van der Waals surface area contributed by atoms with Crippen molar-refractivity contribution in [3.05, 3.63) is 23.0 Å². The average molecular weight is 295 g/mol. The zero-order chi connectivity index (χ0) is 16.2. The van der Waals surface area contributed by atoms with Crippen molar-refractivity contribution in [1.29, 1.82) is 0 Å². The maximum absolute atomic E-state index is 12.2. The molecule has 0 unspecified atom stereocenters. The molecule has 6 heteroatoms. The second kappa shape index (κ2) is 6.56. The number of carbonyl (C=O) groups excluding carboxylic acids is 3. The SMILES string of the molecule is CCCC(C)(C)OC(=O)n1cc(C(=O)OC)c(C)c1C=O. The largest absolute Gasteiger partial charge is 0.465 e. The molecule has 0 fully saturated rings. The van der Waals surface area contributed by atoms with Gasteiger partial charge in [0.05, 0.1) is 18.4 Å². The lowest BCUT2D eigenvalue weighted by Gasteiger charge is -2.24. The van der Waals surface area contributed by atoms with E-state index in [-0.39, 0.29) is 11.3 Å². The molecule has 0 aliphatic carbocycles. The van der Waals surface area contributed by atoms with E-state index in [4.69, 9.17) is 4.74 Å². The van der Waals surface area contributed by atoms with Gasteiger partial charge in [0.1, 0.15) is 5.60 Å². The van der Waals surface area contributed by atoms with E-state index in [0.717, 1.165) is 11.0 Å². The van der Waals surface area contributed by atoms with E-state index >= 15 is 0 Å². The Morgan fingerprint density at radius 2 is 2.00 bits per heavy atom. The van der Waals surface area contributed by atoms with Gasteiger partial charge in [0.15, 0.2) is 6.29 Å². The van der Waals surface area contributed by atoms with Gasteiger partial charge < -0.3 is 9.47 Å². The third-order valence-corrected chi connectivity index (χ3v) is 3.24. The van der Waals surface area contributed by atoms with Crippen molar-refractivity contribution in [2.75, 3.05) is 7.11 Å². The average Bonchev–Trinajstić information content (AvgIpc) is 2.74. The lowest BCUT2D eigenvalue weighted by atomic mass is 10.0. The molecule has 0 saturated carbocycles. The fourth-order valence-electron chi connectivity index (χ4n) is 2.16. The van der Waals surface area contributed by atoms with Gasteiger partial charge in [-0.3, -0.25) is 4.79 Å². The maximum atomic E-state index is 12.2. The van der Waals surface area contributed by atoms with Gasteiger partial charge in [-0.1, -0.05) is 13.3 Å². The highest BCUT2D eigenvalue weighted by Gasteiger charge is 2.27. The molecule has 0 aliphatic rings. The maximum Gasteiger partial charge on any atom is 0.419 e. The molecule has 21 heavy (non-hydrogen) atoms. The Kier molecular flexibility index (Phi) is 5.29. The minimum Gasteiger partial charge on any atom is -0.465 e. The zero-order valence-corrected chi connectivity index (χ0v) is 13.1. The van der Waals surface area contributed by atoms with E-state index in [1.54, 1.807) is 20.8 Å². The first kappa shape index (κ1) is 16.9. The highest BCUT2D eigenvalue weighted by molar-refractivity contribution is 5.96. The summed E-state index contributed by atoms with van der Waals surface area (Å²) < 4.78 is 11.1. The van der Waals surface area contributed by atoms with Crippen LogP contribution in [0.3, 0.4) is 0 Å². The molecule has 0 radical (unpaired) electrons. The summed E-state index contributed by atoms with van der Waals surface area (Å²) >= 11 is 0. The highest BCUT2D eigenvalue weighted by atomic mass is 16.6. The van der Waals surface area contributed by atoms with Crippen LogP contribution in [0.25, 0.3) is 0 Å². The van der Waals surface area contributed by atoms with Crippen molar-refractivity contribution in [2.24, 2.45) is 0 Å². The molecular formula is C15H21NO5. The van der Waals surface area contributed by atoms with Crippen LogP contribution in [-0.2, 0) is 9.47 Å². The topological polar surface area (TPSA) is 74.6 Å². The predicted octanol–water partition coefficient (Wildman–Crippen LogP) is 2.96. The first-order chi connectivity index (χ1) is 9.77. The monoisotopic (exact) mass is 295 g/mol. The van der Waals surface area contributed by atoms with Crippen LogP contribution < -0.4 is 0 Å². The Balaban J connectivity index is 3.15. The summed E-state index contributed by atoms with van der Waals surface area (Å²) in [7, 11) is 1.24. The Labute approximate surface area is 124 Å². The predicted molar refractivity (Wildman–Crippen MR) is 76.8 cm³/mol. The van der Waals surface area contributed by atoms with Crippen LogP contribution >= 0.6 is 0 Å². The molecular weight excluding hydrogens is 274 g/mol. The smallest absolute Gasteiger partial charge is 0.419 e. The van der Waals surface area contributed by atoms with Crippen LogP contribution in [0.4, 0.5) is 4.79 Å². The standard InChI is InChI=1S/C15H21NO5/c1-6-7-15(3,4)21-14(19)16-8-11(13(18)20-5)10(2)12(16)9-17/h8-9H,6-7H2,1-5H3. The van der Waals surface area contributed by atoms with Crippen molar-refractivity contribution < 1.29 is 23.9 Å². The van der Waals surface area contributed by atoms with Gasteiger partial charge in [-0.05, 0) is 32.8 Å². The van der Waals surface area contributed by atoms with E-state index in [0.29, 0.717) is 18.3 Å². The van der Waals surface area contributed by atoms with Gasteiger partial charge in [-0.15, -0.1) is 0 Å². The van der Waals surface area contributed by atoms with Crippen LogP contribution in [0.5, 0.6) is 0 Å². The minimum atomic E-state index is -0.686. The van der Waals surface area contributed by atoms with E-state index in [9.17, 15) is 14.4 Å². The fraction of sp³-hybridized carbons (Fsp3) is 0.533. The molecule has 0 aliphatic heterocycles. The van der Waals surface area contributed by atoms with Gasteiger partial charge in [-0.25, -0.2) is 14.2 Å². The van der Waals surface area contributed by atoms with Crippen LogP contribution in [0.15, 0.2) is 6.20 Å². The molecule has 0 spiro atoms. The molecule has 0 aromatic carbocycles.